The Labute approximate surface area is 170 Å². The van der Waals surface area contributed by atoms with Crippen molar-refractivity contribution in [3.63, 3.8) is 0 Å². The lowest BCUT2D eigenvalue weighted by atomic mass is 9.93. The number of nitrogens with zero attached hydrogens (tertiary/aromatic N) is 2. The van der Waals surface area contributed by atoms with Gasteiger partial charge < -0.3 is 15.0 Å². The summed E-state index contributed by atoms with van der Waals surface area (Å²) in [7, 11) is 0. The highest BCUT2D eigenvalue weighted by Gasteiger charge is 2.49. The molecule has 0 aliphatic carbocycles. The van der Waals surface area contributed by atoms with E-state index in [2.05, 4.69) is 5.32 Å². The molecule has 2 aliphatic heterocycles. The summed E-state index contributed by atoms with van der Waals surface area (Å²) in [5.74, 6) is -1.51. The summed E-state index contributed by atoms with van der Waals surface area (Å²) < 4.78 is 5.24. The molecule has 1 N–H and O–H groups in total. The van der Waals surface area contributed by atoms with Gasteiger partial charge in [-0.2, -0.15) is 0 Å². The highest BCUT2D eigenvalue weighted by Crippen LogP contribution is 2.25. The summed E-state index contributed by atoms with van der Waals surface area (Å²) in [5.41, 5.74) is 1.33. The number of carbonyl (C=O) groups excluding carboxylic acids is 4. The normalized spacial score (nSPS) is 18.9. The van der Waals surface area contributed by atoms with E-state index in [0.29, 0.717) is 25.9 Å². The maximum Gasteiger partial charge on any atom is 0.327 e. The van der Waals surface area contributed by atoms with Crippen molar-refractivity contribution in [3.8, 4) is 0 Å². The molecular weight excluding hydrogens is 374 g/mol. The fraction of sp³-hybridized carbons (Fsp3) is 0.524. The van der Waals surface area contributed by atoms with Crippen LogP contribution >= 0.6 is 0 Å². The van der Waals surface area contributed by atoms with E-state index in [1.54, 1.807) is 18.7 Å². The molecule has 1 fully saturated rings. The van der Waals surface area contributed by atoms with Gasteiger partial charge in [0.1, 0.15) is 12.1 Å². The lowest BCUT2D eigenvalue weighted by Gasteiger charge is -2.30. The first-order valence-corrected chi connectivity index (χ1v) is 10.0. The van der Waals surface area contributed by atoms with E-state index in [-0.39, 0.29) is 5.91 Å². The van der Waals surface area contributed by atoms with Gasteiger partial charge in [0, 0.05) is 13.1 Å². The Hall–Kier alpha value is -2.90. The van der Waals surface area contributed by atoms with Gasteiger partial charge in [0.2, 0.25) is 0 Å². The molecule has 2 aliphatic rings. The summed E-state index contributed by atoms with van der Waals surface area (Å²) in [6, 6.07) is 7.33. The van der Waals surface area contributed by atoms with Crippen molar-refractivity contribution in [2.24, 2.45) is 0 Å². The number of benzene rings is 1. The van der Waals surface area contributed by atoms with Gasteiger partial charge in [-0.1, -0.05) is 38.1 Å². The zero-order valence-corrected chi connectivity index (χ0v) is 17.1. The molecule has 29 heavy (non-hydrogen) atoms. The van der Waals surface area contributed by atoms with Crippen LogP contribution in [0.15, 0.2) is 24.3 Å². The first-order valence-electron chi connectivity index (χ1n) is 10.0. The molecule has 1 aromatic carbocycles. The number of hydrogen-bond acceptors (Lipinski definition) is 5. The van der Waals surface area contributed by atoms with Gasteiger partial charge in [-0.3, -0.25) is 19.3 Å². The molecule has 0 aromatic heterocycles. The Kier molecular flexibility index (Phi) is 5.91. The van der Waals surface area contributed by atoms with Crippen molar-refractivity contribution in [1.82, 2.24) is 15.1 Å². The monoisotopic (exact) mass is 401 g/mol. The van der Waals surface area contributed by atoms with Crippen molar-refractivity contribution < 1.29 is 23.9 Å². The van der Waals surface area contributed by atoms with Crippen LogP contribution in [0, 0.1) is 0 Å². The maximum absolute atomic E-state index is 12.7. The summed E-state index contributed by atoms with van der Waals surface area (Å²) >= 11 is 0. The van der Waals surface area contributed by atoms with Crippen LogP contribution in [-0.4, -0.2) is 58.3 Å². The fourth-order valence-electron chi connectivity index (χ4n) is 3.90. The van der Waals surface area contributed by atoms with Gasteiger partial charge in [0.25, 0.3) is 11.8 Å². The largest absolute Gasteiger partial charge is 0.451 e. The lowest BCUT2D eigenvalue weighted by molar-refractivity contribution is -0.160. The molecule has 0 bridgehead atoms. The first-order chi connectivity index (χ1) is 13.8. The van der Waals surface area contributed by atoms with Gasteiger partial charge in [-0.25, -0.2) is 4.79 Å². The first kappa shape index (κ1) is 20.8. The Morgan fingerprint density at radius 3 is 2.45 bits per heavy atom. The second-order valence-electron chi connectivity index (χ2n) is 7.52. The predicted molar refractivity (Wildman–Crippen MR) is 105 cm³/mol. The molecule has 0 saturated carbocycles. The van der Waals surface area contributed by atoms with Crippen LogP contribution in [0.25, 0.3) is 0 Å². The number of fused-ring (bicyclic) bond motifs is 1. The van der Waals surface area contributed by atoms with E-state index >= 15 is 0 Å². The number of amides is 4. The van der Waals surface area contributed by atoms with E-state index in [4.69, 9.17) is 4.74 Å². The van der Waals surface area contributed by atoms with E-state index in [0.717, 1.165) is 16.9 Å². The third kappa shape index (κ3) is 3.97. The Morgan fingerprint density at radius 1 is 1.17 bits per heavy atom. The van der Waals surface area contributed by atoms with E-state index in [1.165, 1.54) is 12.5 Å². The Morgan fingerprint density at radius 2 is 1.83 bits per heavy atom. The maximum atomic E-state index is 12.7. The van der Waals surface area contributed by atoms with Gasteiger partial charge in [-0.15, -0.1) is 0 Å². The van der Waals surface area contributed by atoms with Crippen LogP contribution in [0.4, 0.5) is 4.79 Å². The SMILES string of the molecule is CCC1(CC)NC(=O)N(CC(=O)O[C@H](C)C(=O)N2CCc3ccccc3C2)C1=O. The molecule has 156 valence electrons. The molecule has 0 spiro atoms. The van der Waals surface area contributed by atoms with Crippen LogP contribution in [0.3, 0.4) is 0 Å². The number of rotatable bonds is 6. The second kappa shape index (κ2) is 8.23. The molecule has 2 heterocycles. The minimum atomic E-state index is -0.990. The fourth-order valence-corrected chi connectivity index (χ4v) is 3.90. The summed E-state index contributed by atoms with van der Waals surface area (Å²) in [6.07, 6.45) is 0.632. The summed E-state index contributed by atoms with van der Waals surface area (Å²) in [6.45, 7) is 5.64. The van der Waals surface area contributed by atoms with Crippen molar-refractivity contribution in [2.75, 3.05) is 13.1 Å². The number of imide groups is 1. The van der Waals surface area contributed by atoms with Crippen LogP contribution < -0.4 is 5.32 Å². The van der Waals surface area contributed by atoms with Crippen molar-refractivity contribution >= 4 is 23.8 Å². The number of esters is 1. The Balaban J connectivity index is 1.58. The van der Waals surface area contributed by atoms with Gasteiger partial charge in [0.05, 0.1) is 0 Å². The van der Waals surface area contributed by atoms with Crippen LogP contribution in [-0.2, 0) is 32.1 Å². The quantitative estimate of drug-likeness (QED) is 0.577. The van der Waals surface area contributed by atoms with Crippen molar-refractivity contribution in [2.45, 2.75) is 58.2 Å². The standard InChI is InChI=1S/C21H27N3O5/c1-4-21(5-2)19(27)24(20(28)22-21)13-17(25)29-14(3)18(26)23-11-10-15-8-6-7-9-16(15)12-23/h6-9,14H,4-5,10-13H2,1-3H3,(H,22,28)/t14-/m1/s1. The summed E-state index contributed by atoms with van der Waals surface area (Å²) in [4.78, 5) is 52.3. The van der Waals surface area contributed by atoms with Crippen LogP contribution in [0.5, 0.6) is 0 Å². The van der Waals surface area contributed by atoms with Crippen molar-refractivity contribution in [3.05, 3.63) is 35.4 Å². The average molecular weight is 401 g/mol. The zero-order valence-electron chi connectivity index (χ0n) is 17.1. The molecule has 1 saturated heterocycles. The average Bonchev–Trinajstić information content (AvgIpc) is 2.97. The highest BCUT2D eigenvalue weighted by molar-refractivity contribution is 6.08. The molecule has 4 amide bonds. The molecule has 0 radical (unpaired) electrons. The Bertz CT molecular complexity index is 833. The molecule has 1 aromatic rings. The van der Waals surface area contributed by atoms with Gasteiger partial charge in [0.15, 0.2) is 6.10 Å². The molecule has 8 heteroatoms. The van der Waals surface area contributed by atoms with E-state index in [9.17, 15) is 19.2 Å². The molecule has 1 atom stereocenters. The predicted octanol–water partition coefficient (Wildman–Crippen LogP) is 1.61. The number of ether oxygens (including phenoxy) is 1. The van der Waals surface area contributed by atoms with Crippen molar-refractivity contribution in [1.29, 1.82) is 0 Å². The zero-order chi connectivity index (χ0) is 21.2. The number of urea groups is 1. The minimum Gasteiger partial charge on any atom is -0.451 e. The van der Waals surface area contributed by atoms with E-state index < -0.39 is 36.1 Å². The van der Waals surface area contributed by atoms with Crippen LogP contribution in [0.2, 0.25) is 0 Å². The third-order valence-corrected chi connectivity index (χ3v) is 5.84. The minimum absolute atomic E-state index is 0.290. The number of carbonyl (C=O) groups is 4. The second-order valence-corrected chi connectivity index (χ2v) is 7.52. The summed E-state index contributed by atoms with van der Waals surface area (Å²) in [5, 5.41) is 2.66. The molecule has 0 unspecified atom stereocenters. The molecular formula is C21H27N3O5. The molecule has 8 nitrogen and oxygen atoms in total. The highest BCUT2D eigenvalue weighted by atomic mass is 16.5. The number of hydrogen-bond donors (Lipinski definition) is 1. The van der Waals surface area contributed by atoms with Gasteiger partial charge >= 0.3 is 12.0 Å². The van der Waals surface area contributed by atoms with Crippen LogP contribution in [0.1, 0.15) is 44.7 Å². The smallest absolute Gasteiger partial charge is 0.327 e. The topological polar surface area (TPSA) is 96.0 Å². The number of nitrogens with one attached hydrogen (secondary N) is 1. The lowest BCUT2D eigenvalue weighted by Crippen LogP contribution is -2.46. The van der Waals surface area contributed by atoms with E-state index in [1.807, 2.05) is 24.3 Å². The van der Waals surface area contributed by atoms with Gasteiger partial charge in [-0.05, 0) is 37.3 Å². The molecule has 3 rings (SSSR count). The third-order valence-electron chi connectivity index (χ3n) is 5.84.